The van der Waals surface area contributed by atoms with Crippen LogP contribution in [0.2, 0.25) is 0 Å². The summed E-state index contributed by atoms with van der Waals surface area (Å²) in [6.07, 6.45) is 3.27. The molecule has 0 radical (unpaired) electrons. The lowest BCUT2D eigenvalue weighted by molar-refractivity contribution is -0.139. The lowest BCUT2D eigenvalue weighted by atomic mass is 9.96. The minimum atomic E-state index is -0.423. The molecule has 166 valence electrons. The molecule has 7 nitrogen and oxygen atoms in total. The van der Waals surface area contributed by atoms with Crippen molar-refractivity contribution in [1.82, 2.24) is 14.8 Å². The molecule has 0 spiro atoms. The minimum absolute atomic E-state index is 0.339. The molecular formula is C25H28N4O3. The number of fused-ring (bicyclic) bond motifs is 1. The van der Waals surface area contributed by atoms with Crippen LogP contribution in [0.5, 0.6) is 5.75 Å². The molecule has 0 aliphatic carbocycles. The average molecular weight is 433 g/mol. The van der Waals surface area contributed by atoms with E-state index in [0.717, 1.165) is 35.4 Å². The molecule has 1 unspecified atom stereocenters. The Balaban J connectivity index is 1.56. The predicted molar refractivity (Wildman–Crippen MR) is 122 cm³/mol. The molecule has 2 heterocycles. The van der Waals surface area contributed by atoms with Gasteiger partial charge in [0.1, 0.15) is 24.7 Å². The number of esters is 1. The Hall–Kier alpha value is -3.61. The first kappa shape index (κ1) is 21.6. The zero-order valence-electron chi connectivity index (χ0n) is 18.7. The van der Waals surface area contributed by atoms with Gasteiger partial charge in [-0.1, -0.05) is 55.3 Å². The molecular weight excluding hydrogens is 404 g/mol. The molecule has 2 aromatic carbocycles. The maximum Gasteiger partial charge on any atom is 0.338 e. The number of aromatic nitrogens is 3. The second-order valence-corrected chi connectivity index (χ2v) is 7.93. The van der Waals surface area contributed by atoms with Gasteiger partial charge in [-0.15, -0.1) is 0 Å². The van der Waals surface area contributed by atoms with Gasteiger partial charge in [-0.25, -0.2) is 9.48 Å². The number of unbranched alkanes of at least 4 members (excludes halogenated alkanes) is 1. The van der Waals surface area contributed by atoms with Crippen molar-refractivity contribution in [3.8, 4) is 5.75 Å². The lowest BCUT2D eigenvalue weighted by Gasteiger charge is -2.28. The molecule has 7 heteroatoms. The standard InChI is InChI=1S/C25H28N4O3/c1-4-5-13-31-24(30)22-18(3)28-25-26-16-27-29(25)23(22)20-9-11-21(12-10-20)32-15-19-8-6-7-17(2)14-19/h6-12,14,16,23H,4-5,13,15H2,1-3H3,(H,26,27,28). The summed E-state index contributed by atoms with van der Waals surface area (Å²) in [6, 6.07) is 15.6. The van der Waals surface area contributed by atoms with Crippen molar-refractivity contribution in [2.75, 3.05) is 11.9 Å². The molecule has 1 aliphatic heterocycles. The Labute approximate surface area is 188 Å². The highest BCUT2D eigenvalue weighted by molar-refractivity contribution is 5.92. The number of aryl methyl sites for hydroxylation is 1. The number of carbonyl (C=O) groups is 1. The monoisotopic (exact) mass is 432 g/mol. The van der Waals surface area contributed by atoms with Gasteiger partial charge in [-0.05, 0) is 43.5 Å². The third kappa shape index (κ3) is 4.66. The molecule has 1 N–H and O–H groups in total. The predicted octanol–water partition coefficient (Wildman–Crippen LogP) is 4.80. The maximum atomic E-state index is 12.9. The van der Waals surface area contributed by atoms with Crippen molar-refractivity contribution in [1.29, 1.82) is 0 Å². The van der Waals surface area contributed by atoms with Crippen molar-refractivity contribution in [3.63, 3.8) is 0 Å². The number of anilines is 1. The van der Waals surface area contributed by atoms with Crippen LogP contribution in [0.25, 0.3) is 0 Å². The van der Waals surface area contributed by atoms with E-state index < -0.39 is 6.04 Å². The highest BCUT2D eigenvalue weighted by Gasteiger charge is 2.34. The molecule has 0 bridgehead atoms. The molecule has 0 amide bonds. The molecule has 0 fully saturated rings. The first-order chi connectivity index (χ1) is 15.6. The molecule has 0 saturated carbocycles. The highest BCUT2D eigenvalue weighted by atomic mass is 16.5. The van der Waals surface area contributed by atoms with E-state index >= 15 is 0 Å². The minimum Gasteiger partial charge on any atom is -0.489 e. The van der Waals surface area contributed by atoms with Gasteiger partial charge in [0.2, 0.25) is 5.95 Å². The Bertz CT molecular complexity index is 1120. The number of rotatable bonds is 8. The van der Waals surface area contributed by atoms with Gasteiger partial charge in [-0.2, -0.15) is 10.1 Å². The smallest absolute Gasteiger partial charge is 0.338 e. The highest BCUT2D eigenvalue weighted by Crippen LogP contribution is 2.35. The van der Waals surface area contributed by atoms with Gasteiger partial charge in [0.05, 0.1) is 12.2 Å². The average Bonchev–Trinajstić information content (AvgIpc) is 3.25. The van der Waals surface area contributed by atoms with Crippen LogP contribution >= 0.6 is 0 Å². The van der Waals surface area contributed by atoms with Gasteiger partial charge in [0.25, 0.3) is 0 Å². The summed E-state index contributed by atoms with van der Waals surface area (Å²) in [7, 11) is 0. The summed E-state index contributed by atoms with van der Waals surface area (Å²) in [4.78, 5) is 17.2. The molecule has 0 saturated heterocycles. The number of hydrogen-bond acceptors (Lipinski definition) is 6. The Morgan fingerprint density at radius 2 is 1.97 bits per heavy atom. The van der Waals surface area contributed by atoms with E-state index in [1.807, 2.05) is 43.3 Å². The van der Waals surface area contributed by atoms with E-state index in [1.54, 1.807) is 4.68 Å². The SMILES string of the molecule is CCCCOC(=O)C1=C(C)Nc2ncnn2C1c1ccc(OCc2cccc(C)c2)cc1. The Morgan fingerprint density at radius 1 is 1.16 bits per heavy atom. The van der Waals surface area contributed by atoms with E-state index in [9.17, 15) is 4.79 Å². The number of ether oxygens (including phenoxy) is 2. The van der Waals surface area contributed by atoms with E-state index in [4.69, 9.17) is 9.47 Å². The number of nitrogens with zero attached hydrogens (tertiary/aromatic N) is 3. The first-order valence-corrected chi connectivity index (χ1v) is 10.9. The zero-order valence-corrected chi connectivity index (χ0v) is 18.7. The normalized spacial score (nSPS) is 15.2. The van der Waals surface area contributed by atoms with Crippen LogP contribution in [-0.2, 0) is 16.1 Å². The topological polar surface area (TPSA) is 78.3 Å². The van der Waals surface area contributed by atoms with E-state index in [2.05, 4.69) is 41.4 Å². The fraction of sp³-hybridized carbons (Fsp3) is 0.320. The van der Waals surface area contributed by atoms with Crippen LogP contribution in [0.15, 0.2) is 66.1 Å². The molecule has 3 aromatic rings. The molecule has 1 atom stereocenters. The summed E-state index contributed by atoms with van der Waals surface area (Å²) in [5.41, 5.74) is 4.49. The van der Waals surface area contributed by atoms with Crippen molar-refractivity contribution < 1.29 is 14.3 Å². The summed E-state index contributed by atoms with van der Waals surface area (Å²) >= 11 is 0. The van der Waals surface area contributed by atoms with Crippen LogP contribution in [0.3, 0.4) is 0 Å². The van der Waals surface area contributed by atoms with Crippen LogP contribution in [0, 0.1) is 6.92 Å². The van der Waals surface area contributed by atoms with Crippen LogP contribution < -0.4 is 10.1 Å². The summed E-state index contributed by atoms with van der Waals surface area (Å²) in [5, 5.41) is 7.51. The second-order valence-electron chi connectivity index (χ2n) is 7.93. The quantitative estimate of drug-likeness (QED) is 0.407. The number of benzene rings is 2. The largest absolute Gasteiger partial charge is 0.489 e. The van der Waals surface area contributed by atoms with Crippen molar-refractivity contribution in [2.24, 2.45) is 0 Å². The summed E-state index contributed by atoms with van der Waals surface area (Å²) < 4.78 is 13.2. The fourth-order valence-electron chi connectivity index (χ4n) is 3.77. The summed E-state index contributed by atoms with van der Waals surface area (Å²) in [5.74, 6) is 1.02. The van der Waals surface area contributed by atoms with Gasteiger partial charge in [-0.3, -0.25) is 0 Å². The van der Waals surface area contributed by atoms with Crippen LogP contribution in [-0.4, -0.2) is 27.3 Å². The molecule has 1 aromatic heterocycles. The number of allylic oxidation sites excluding steroid dienone is 1. The first-order valence-electron chi connectivity index (χ1n) is 10.9. The van der Waals surface area contributed by atoms with Crippen LogP contribution in [0.4, 0.5) is 5.95 Å². The third-order valence-corrected chi connectivity index (χ3v) is 5.43. The zero-order chi connectivity index (χ0) is 22.5. The Morgan fingerprint density at radius 3 is 2.72 bits per heavy atom. The van der Waals surface area contributed by atoms with Crippen molar-refractivity contribution in [3.05, 3.63) is 82.8 Å². The fourth-order valence-corrected chi connectivity index (χ4v) is 3.77. The second kappa shape index (κ2) is 9.68. The number of carbonyl (C=O) groups excluding carboxylic acids is 1. The van der Waals surface area contributed by atoms with E-state index in [-0.39, 0.29) is 5.97 Å². The van der Waals surface area contributed by atoms with Gasteiger partial charge in [0, 0.05) is 5.70 Å². The van der Waals surface area contributed by atoms with Gasteiger partial charge in [0.15, 0.2) is 0 Å². The number of nitrogens with one attached hydrogen (secondary N) is 1. The maximum absolute atomic E-state index is 12.9. The number of hydrogen-bond donors (Lipinski definition) is 1. The molecule has 32 heavy (non-hydrogen) atoms. The van der Waals surface area contributed by atoms with E-state index in [0.29, 0.717) is 24.7 Å². The molecule has 4 rings (SSSR count). The lowest BCUT2D eigenvalue weighted by Crippen LogP contribution is -2.29. The third-order valence-electron chi connectivity index (χ3n) is 5.43. The van der Waals surface area contributed by atoms with Gasteiger partial charge >= 0.3 is 5.97 Å². The van der Waals surface area contributed by atoms with Crippen molar-refractivity contribution in [2.45, 2.75) is 46.3 Å². The van der Waals surface area contributed by atoms with E-state index in [1.165, 1.54) is 11.9 Å². The van der Waals surface area contributed by atoms with Crippen molar-refractivity contribution >= 4 is 11.9 Å². The van der Waals surface area contributed by atoms with Gasteiger partial charge < -0.3 is 14.8 Å². The summed E-state index contributed by atoms with van der Waals surface area (Å²) in [6.45, 7) is 6.88. The Kier molecular flexibility index (Phi) is 6.54. The van der Waals surface area contributed by atoms with Crippen LogP contribution in [0.1, 0.15) is 49.4 Å². The molecule has 1 aliphatic rings.